The van der Waals surface area contributed by atoms with Crippen molar-refractivity contribution in [3.63, 3.8) is 0 Å². The molecule has 4 heterocycles. The van der Waals surface area contributed by atoms with Crippen molar-refractivity contribution in [3.05, 3.63) is 89.0 Å². The number of anilines is 1. The molecule has 10 nitrogen and oxygen atoms in total. The van der Waals surface area contributed by atoms with Gasteiger partial charge >= 0.3 is 5.97 Å². The van der Waals surface area contributed by atoms with Crippen molar-refractivity contribution in [1.29, 1.82) is 0 Å². The van der Waals surface area contributed by atoms with Crippen LogP contribution in [-0.2, 0) is 4.74 Å². The molecule has 2 aliphatic heterocycles. The van der Waals surface area contributed by atoms with Crippen molar-refractivity contribution in [1.82, 2.24) is 19.5 Å². The first-order chi connectivity index (χ1) is 20.0. The van der Waals surface area contributed by atoms with Gasteiger partial charge in [-0.15, -0.1) is 0 Å². The monoisotopic (exact) mass is 557 g/mol. The second kappa shape index (κ2) is 11.0. The number of fused-ring (bicyclic) bond motifs is 2. The topological polar surface area (TPSA) is 106 Å². The number of imide groups is 1. The van der Waals surface area contributed by atoms with Crippen molar-refractivity contribution in [3.8, 4) is 5.75 Å². The molecule has 1 saturated heterocycles. The van der Waals surface area contributed by atoms with Gasteiger partial charge in [-0.1, -0.05) is 12.1 Å². The van der Waals surface area contributed by atoms with Gasteiger partial charge in [0.05, 0.1) is 36.6 Å². The van der Waals surface area contributed by atoms with Gasteiger partial charge in [0.15, 0.2) is 5.65 Å². The molecule has 6 rings (SSSR count). The number of esters is 1. The molecular weight excluding hydrogens is 529 g/mol. The van der Waals surface area contributed by atoms with E-state index < -0.39 is 5.97 Å². The summed E-state index contributed by atoms with van der Waals surface area (Å²) < 4.78 is 27.2. The number of ether oxygens (including phenoxy) is 2. The Kier molecular flexibility index (Phi) is 7.08. The smallest absolute Gasteiger partial charge is 0.343 e. The van der Waals surface area contributed by atoms with E-state index in [2.05, 4.69) is 10.00 Å². The predicted octanol–water partition coefficient (Wildman–Crippen LogP) is 4.45. The van der Waals surface area contributed by atoms with Gasteiger partial charge in [-0.05, 0) is 62.6 Å². The lowest BCUT2D eigenvalue weighted by Crippen LogP contribution is -2.31. The largest absolute Gasteiger partial charge is 0.493 e. The predicted molar refractivity (Wildman–Crippen MR) is 147 cm³/mol. The molecule has 0 spiro atoms. The van der Waals surface area contributed by atoms with Gasteiger partial charge in [0, 0.05) is 24.8 Å². The molecule has 0 unspecified atom stereocenters. The van der Waals surface area contributed by atoms with Crippen molar-refractivity contribution >= 4 is 29.2 Å². The van der Waals surface area contributed by atoms with Crippen LogP contribution in [0.25, 0.3) is 5.65 Å². The van der Waals surface area contributed by atoms with E-state index in [4.69, 9.17) is 14.5 Å². The highest BCUT2D eigenvalue weighted by Gasteiger charge is 2.35. The molecule has 0 N–H and O–H groups in total. The van der Waals surface area contributed by atoms with Crippen LogP contribution in [0.3, 0.4) is 0 Å². The van der Waals surface area contributed by atoms with Crippen LogP contribution in [0.1, 0.15) is 68.9 Å². The third kappa shape index (κ3) is 4.88. The van der Waals surface area contributed by atoms with Crippen molar-refractivity contribution in [2.45, 2.75) is 32.2 Å². The Balaban J connectivity index is 1.18. The second-order valence-corrected chi connectivity index (χ2v) is 9.88. The molecule has 4 aromatic rings. The van der Waals surface area contributed by atoms with Crippen LogP contribution in [0.5, 0.6) is 5.75 Å². The number of hydrogen-bond acceptors (Lipinski definition) is 8. The third-order valence-electron chi connectivity index (χ3n) is 7.39. The zero-order chi connectivity index (χ0) is 28.5. The van der Waals surface area contributed by atoms with Crippen LogP contribution in [0.2, 0.25) is 0 Å². The van der Waals surface area contributed by atoms with Gasteiger partial charge in [0.1, 0.15) is 22.9 Å². The maximum atomic E-state index is 14.5. The van der Waals surface area contributed by atoms with E-state index in [1.165, 1.54) is 27.7 Å². The number of halogens is 1. The molecule has 0 radical (unpaired) electrons. The minimum absolute atomic E-state index is 0.208. The zero-order valence-corrected chi connectivity index (χ0v) is 22.5. The molecule has 2 aromatic carbocycles. The van der Waals surface area contributed by atoms with E-state index in [1.807, 2.05) is 6.07 Å². The molecule has 0 aliphatic carbocycles. The molecule has 0 saturated carbocycles. The standard InChI is InChI=1S/C30H28FN5O5/c1-2-40-30(39)23-18-32-36-15-12-26(33-27(23)36)34-13-5-9-24(34)22-17-19(31)10-11-25(22)41-16-6-14-35-28(37)20-7-3-4-8-21(20)29(35)38/h3-4,7-8,10-12,15,17-18,24H,2,5-6,9,13-14,16H2,1H3/t24-/m1/s1. The Bertz CT molecular complexity index is 1620. The Morgan fingerprint density at radius 3 is 2.63 bits per heavy atom. The van der Waals surface area contributed by atoms with Crippen LogP contribution < -0.4 is 9.64 Å². The number of carbonyl (C=O) groups is 3. The van der Waals surface area contributed by atoms with Gasteiger partial charge in [-0.2, -0.15) is 5.10 Å². The zero-order valence-electron chi connectivity index (χ0n) is 22.5. The summed E-state index contributed by atoms with van der Waals surface area (Å²) >= 11 is 0. The minimum atomic E-state index is -0.493. The van der Waals surface area contributed by atoms with E-state index in [-0.39, 0.29) is 49.0 Å². The maximum Gasteiger partial charge on any atom is 0.343 e. The summed E-state index contributed by atoms with van der Waals surface area (Å²) in [4.78, 5) is 45.7. The van der Waals surface area contributed by atoms with Crippen molar-refractivity contribution < 1.29 is 28.2 Å². The number of aromatic nitrogens is 3. The van der Waals surface area contributed by atoms with Crippen LogP contribution in [0, 0.1) is 5.82 Å². The summed E-state index contributed by atoms with van der Waals surface area (Å²) in [5.41, 5.74) is 2.17. The third-order valence-corrected chi connectivity index (χ3v) is 7.39. The molecule has 2 amide bonds. The fourth-order valence-electron chi connectivity index (χ4n) is 5.49. The van der Waals surface area contributed by atoms with E-state index >= 15 is 0 Å². The first-order valence-corrected chi connectivity index (χ1v) is 13.6. The summed E-state index contributed by atoms with van der Waals surface area (Å²) in [6, 6.07) is 12.8. The van der Waals surface area contributed by atoms with E-state index in [9.17, 15) is 18.8 Å². The van der Waals surface area contributed by atoms with Gasteiger partial charge in [-0.3, -0.25) is 14.5 Å². The molecule has 210 valence electrons. The SMILES string of the molecule is CCOC(=O)c1cnn2ccc(N3CCC[C@@H]3c3cc(F)ccc3OCCCN3C(=O)c4ccccc4C3=O)nc12. The van der Waals surface area contributed by atoms with Crippen LogP contribution in [0.4, 0.5) is 10.2 Å². The van der Waals surface area contributed by atoms with E-state index in [0.717, 1.165) is 12.8 Å². The summed E-state index contributed by atoms with van der Waals surface area (Å²) in [5.74, 6) is -0.316. The van der Waals surface area contributed by atoms with Crippen molar-refractivity contribution in [2.24, 2.45) is 0 Å². The van der Waals surface area contributed by atoms with E-state index in [1.54, 1.807) is 43.5 Å². The number of benzene rings is 2. The summed E-state index contributed by atoms with van der Waals surface area (Å²) in [6.07, 6.45) is 5.21. The number of nitrogens with zero attached hydrogens (tertiary/aromatic N) is 5. The van der Waals surface area contributed by atoms with Gasteiger partial charge in [0.25, 0.3) is 11.8 Å². The average molecular weight is 558 g/mol. The Hall–Kier alpha value is -4.80. The van der Waals surface area contributed by atoms with Gasteiger partial charge < -0.3 is 14.4 Å². The molecule has 41 heavy (non-hydrogen) atoms. The second-order valence-electron chi connectivity index (χ2n) is 9.88. The molecule has 0 bridgehead atoms. The Labute approximate surface area is 235 Å². The van der Waals surface area contributed by atoms with Crippen LogP contribution in [-0.4, -0.2) is 63.6 Å². The molecule has 2 aliphatic rings. The number of carbonyl (C=O) groups excluding carboxylic acids is 3. The quantitative estimate of drug-likeness (QED) is 0.169. The highest BCUT2D eigenvalue weighted by atomic mass is 19.1. The lowest BCUT2D eigenvalue weighted by molar-refractivity contribution is 0.0527. The lowest BCUT2D eigenvalue weighted by Gasteiger charge is -2.27. The first-order valence-electron chi connectivity index (χ1n) is 13.6. The average Bonchev–Trinajstić information content (AvgIpc) is 3.69. The number of hydrogen-bond donors (Lipinski definition) is 0. The van der Waals surface area contributed by atoms with Crippen LogP contribution >= 0.6 is 0 Å². The normalized spacial score (nSPS) is 16.5. The lowest BCUT2D eigenvalue weighted by atomic mass is 10.0. The van der Waals surface area contributed by atoms with Crippen molar-refractivity contribution in [2.75, 3.05) is 31.2 Å². The van der Waals surface area contributed by atoms with Gasteiger partial charge in [0.2, 0.25) is 0 Å². The molecule has 1 fully saturated rings. The van der Waals surface area contributed by atoms with E-state index in [0.29, 0.717) is 46.9 Å². The number of rotatable bonds is 9. The molecular formula is C30H28FN5O5. The maximum absolute atomic E-state index is 14.5. The van der Waals surface area contributed by atoms with Gasteiger partial charge in [-0.25, -0.2) is 18.7 Å². The summed E-state index contributed by atoms with van der Waals surface area (Å²) in [7, 11) is 0. The Morgan fingerprint density at radius 1 is 1.10 bits per heavy atom. The molecule has 1 atom stereocenters. The molecule has 2 aromatic heterocycles. The highest BCUT2D eigenvalue weighted by molar-refractivity contribution is 6.21. The highest BCUT2D eigenvalue weighted by Crippen LogP contribution is 2.40. The van der Waals surface area contributed by atoms with Crippen LogP contribution in [0.15, 0.2) is 60.9 Å². The Morgan fingerprint density at radius 2 is 1.88 bits per heavy atom. The number of amides is 2. The minimum Gasteiger partial charge on any atom is -0.493 e. The fourth-order valence-corrected chi connectivity index (χ4v) is 5.49. The summed E-state index contributed by atoms with van der Waals surface area (Å²) in [5, 5.41) is 4.20. The first kappa shape index (κ1) is 26.4. The summed E-state index contributed by atoms with van der Waals surface area (Å²) in [6.45, 7) is 3.12. The molecule has 11 heteroatoms. The fraction of sp³-hybridized carbons (Fsp3) is 0.300.